The van der Waals surface area contributed by atoms with Crippen molar-refractivity contribution in [3.8, 4) is 0 Å². The molecule has 0 saturated carbocycles. The van der Waals surface area contributed by atoms with Crippen LogP contribution in [0.15, 0.2) is 29.3 Å². The molecule has 1 aliphatic rings. The molecule has 3 rings (SSSR count). The van der Waals surface area contributed by atoms with Crippen LogP contribution in [0.5, 0.6) is 0 Å². The lowest BCUT2D eigenvalue weighted by Gasteiger charge is -2.36. The van der Waals surface area contributed by atoms with E-state index in [0.29, 0.717) is 0 Å². The highest BCUT2D eigenvalue weighted by Gasteiger charge is 2.38. The van der Waals surface area contributed by atoms with E-state index in [-0.39, 0.29) is 57.5 Å². The lowest BCUT2D eigenvalue weighted by molar-refractivity contribution is -0.138. The standard InChI is InChI=1S/C21H24F6N6O3/c1-13(30-15-11-29-31-19(35)17(15)21(25,26)27)12-36-10-4-16(34)32-6-8-33(9-7-32)18-14(20(22,23)24)3-2-5-28-18/h2-3,5,11,13H,4,6-10,12H2,1H3,(H2,30,31,35)/t13-/m0/s1. The van der Waals surface area contributed by atoms with Crippen LogP contribution in [-0.4, -0.2) is 71.4 Å². The van der Waals surface area contributed by atoms with E-state index in [9.17, 15) is 35.9 Å². The van der Waals surface area contributed by atoms with Crippen LogP contribution in [0.2, 0.25) is 0 Å². The molecule has 1 atom stereocenters. The van der Waals surface area contributed by atoms with Crippen LogP contribution in [-0.2, 0) is 21.9 Å². The van der Waals surface area contributed by atoms with E-state index in [4.69, 9.17) is 4.74 Å². The zero-order chi connectivity index (χ0) is 26.5. The van der Waals surface area contributed by atoms with Gasteiger partial charge < -0.3 is 19.9 Å². The monoisotopic (exact) mass is 522 g/mol. The van der Waals surface area contributed by atoms with E-state index in [1.807, 2.05) is 0 Å². The van der Waals surface area contributed by atoms with Gasteiger partial charge in [0.25, 0.3) is 5.56 Å². The molecule has 0 aromatic carbocycles. The molecule has 9 nitrogen and oxygen atoms in total. The molecule has 0 aliphatic carbocycles. The third-order valence-electron chi connectivity index (χ3n) is 5.39. The number of pyridine rings is 1. The summed E-state index contributed by atoms with van der Waals surface area (Å²) >= 11 is 0. The average Bonchev–Trinajstić information content (AvgIpc) is 2.80. The largest absolute Gasteiger partial charge is 0.423 e. The fourth-order valence-electron chi connectivity index (χ4n) is 3.71. The first kappa shape index (κ1) is 27.2. The number of nitrogens with one attached hydrogen (secondary N) is 2. The Morgan fingerprint density at radius 2 is 1.86 bits per heavy atom. The molecule has 198 valence electrons. The van der Waals surface area contributed by atoms with Crippen LogP contribution in [0, 0.1) is 0 Å². The van der Waals surface area contributed by atoms with Crippen molar-refractivity contribution in [2.75, 3.05) is 49.6 Å². The number of halogens is 6. The Hall–Kier alpha value is -3.36. The number of H-pyrrole nitrogens is 1. The minimum atomic E-state index is -4.87. The SMILES string of the molecule is C[C@@H](COCCC(=O)N1CCN(c2ncccc2C(F)(F)F)CC1)Nc1cn[nH]c(=O)c1C(F)(F)F. The molecule has 0 spiro atoms. The Balaban J connectivity index is 1.43. The summed E-state index contributed by atoms with van der Waals surface area (Å²) in [6.45, 7) is 2.25. The van der Waals surface area contributed by atoms with Crippen molar-refractivity contribution in [1.29, 1.82) is 0 Å². The highest BCUT2D eigenvalue weighted by atomic mass is 19.4. The van der Waals surface area contributed by atoms with Gasteiger partial charge in [-0.25, -0.2) is 10.1 Å². The van der Waals surface area contributed by atoms with E-state index in [1.54, 1.807) is 5.10 Å². The highest BCUT2D eigenvalue weighted by Crippen LogP contribution is 2.35. The predicted molar refractivity (Wildman–Crippen MR) is 116 cm³/mol. The van der Waals surface area contributed by atoms with E-state index in [2.05, 4.69) is 15.4 Å². The predicted octanol–water partition coefficient (Wildman–Crippen LogP) is 2.76. The molecule has 0 unspecified atom stereocenters. The molecule has 0 radical (unpaired) electrons. The molecule has 3 heterocycles. The summed E-state index contributed by atoms with van der Waals surface area (Å²) in [6.07, 6.45) is -7.29. The summed E-state index contributed by atoms with van der Waals surface area (Å²) in [5.41, 5.74) is -4.09. The van der Waals surface area contributed by atoms with Gasteiger partial charge >= 0.3 is 12.4 Å². The number of hydrogen-bond acceptors (Lipinski definition) is 7. The van der Waals surface area contributed by atoms with Crippen molar-refractivity contribution in [2.24, 2.45) is 0 Å². The summed E-state index contributed by atoms with van der Waals surface area (Å²) in [5, 5.41) is 7.64. The van der Waals surface area contributed by atoms with Gasteiger partial charge in [0, 0.05) is 38.4 Å². The lowest BCUT2D eigenvalue weighted by Crippen LogP contribution is -2.49. The number of carbonyl (C=O) groups excluding carboxylic acids is 1. The second-order valence-corrected chi connectivity index (χ2v) is 8.10. The maximum Gasteiger partial charge on any atom is 0.423 e. The number of nitrogens with zero attached hydrogens (tertiary/aromatic N) is 4. The first-order valence-corrected chi connectivity index (χ1v) is 10.9. The zero-order valence-electron chi connectivity index (χ0n) is 19.1. The van der Waals surface area contributed by atoms with Crippen molar-refractivity contribution in [2.45, 2.75) is 31.7 Å². The maximum atomic E-state index is 13.2. The molecule has 2 aromatic heterocycles. The van der Waals surface area contributed by atoms with Crippen molar-refractivity contribution < 1.29 is 35.9 Å². The van der Waals surface area contributed by atoms with Crippen LogP contribution >= 0.6 is 0 Å². The number of hydrogen-bond donors (Lipinski definition) is 2. The normalized spacial score (nSPS) is 15.6. The number of anilines is 2. The van der Waals surface area contributed by atoms with Crippen LogP contribution < -0.4 is 15.8 Å². The van der Waals surface area contributed by atoms with Gasteiger partial charge in [-0.2, -0.15) is 31.4 Å². The van der Waals surface area contributed by atoms with Crippen molar-refractivity contribution >= 4 is 17.4 Å². The fraction of sp³-hybridized carbons (Fsp3) is 0.524. The summed E-state index contributed by atoms with van der Waals surface area (Å²) in [4.78, 5) is 30.8. The minimum Gasteiger partial charge on any atom is -0.379 e. The zero-order valence-corrected chi connectivity index (χ0v) is 19.1. The topological polar surface area (TPSA) is 103 Å². The van der Waals surface area contributed by atoms with Crippen molar-refractivity contribution in [1.82, 2.24) is 20.1 Å². The Labute approximate surface area is 201 Å². The molecule has 2 aromatic rings. The van der Waals surface area contributed by atoms with Crippen molar-refractivity contribution in [3.05, 3.63) is 46.0 Å². The maximum absolute atomic E-state index is 13.2. The second kappa shape index (κ2) is 11.1. The Bertz CT molecular complexity index is 1100. The first-order chi connectivity index (χ1) is 16.9. The quantitative estimate of drug-likeness (QED) is 0.406. The molecular formula is C21H24F6N6O3. The number of piperazine rings is 1. The van der Waals surface area contributed by atoms with Gasteiger partial charge in [0.2, 0.25) is 5.91 Å². The van der Waals surface area contributed by atoms with Gasteiger partial charge in [-0.3, -0.25) is 9.59 Å². The van der Waals surface area contributed by atoms with Gasteiger partial charge in [-0.05, 0) is 19.1 Å². The van der Waals surface area contributed by atoms with E-state index in [0.717, 1.165) is 12.3 Å². The van der Waals surface area contributed by atoms with Gasteiger partial charge in [0.15, 0.2) is 0 Å². The highest BCUT2D eigenvalue weighted by molar-refractivity contribution is 5.76. The van der Waals surface area contributed by atoms with E-state index in [1.165, 1.54) is 29.0 Å². The van der Waals surface area contributed by atoms with Gasteiger partial charge in [0.05, 0.1) is 37.1 Å². The van der Waals surface area contributed by atoms with Gasteiger partial charge in [-0.1, -0.05) is 0 Å². The molecule has 15 heteroatoms. The number of carbonyl (C=O) groups is 1. The third kappa shape index (κ3) is 6.86. The number of alkyl halides is 6. The van der Waals surface area contributed by atoms with Crippen LogP contribution in [0.3, 0.4) is 0 Å². The van der Waals surface area contributed by atoms with Crippen LogP contribution in [0.25, 0.3) is 0 Å². The summed E-state index contributed by atoms with van der Waals surface area (Å²) < 4.78 is 84.4. The second-order valence-electron chi connectivity index (χ2n) is 8.10. The molecule has 1 amide bonds. The summed E-state index contributed by atoms with van der Waals surface area (Å²) in [7, 11) is 0. The van der Waals surface area contributed by atoms with Gasteiger partial charge in [-0.15, -0.1) is 0 Å². The third-order valence-corrected chi connectivity index (χ3v) is 5.39. The van der Waals surface area contributed by atoms with Crippen LogP contribution in [0.4, 0.5) is 37.8 Å². The van der Waals surface area contributed by atoms with Gasteiger partial charge in [0.1, 0.15) is 11.4 Å². The number of aromatic amines is 1. The molecule has 1 saturated heterocycles. The Morgan fingerprint density at radius 1 is 1.17 bits per heavy atom. The summed E-state index contributed by atoms with van der Waals surface area (Å²) in [6, 6.07) is 1.55. The minimum absolute atomic E-state index is 0.00945. The molecule has 0 bridgehead atoms. The number of amides is 1. The smallest absolute Gasteiger partial charge is 0.379 e. The number of aromatic nitrogens is 3. The molecule has 1 aliphatic heterocycles. The molecule has 2 N–H and O–H groups in total. The lowest BCUT2D eigenvalue weighted by atomic mass is 10.2. The van der Waals surface area contributed by atoms with E-state index >= 15 is 0 Å². The Morgan fingerprint density at radius 3 is 2.50 bits per heavy atom. The molecule has 1 fully saturated rings. The first-order valence-electron chi connectivity index (χ1n) is 10.9. The van der Waals surface area contributed by atoms with Crippen LogP contribution in [0.1, 0.15) is 24.5 Å². The summed E-state index contributed by atoms with van der Waals surface area (Å²) in [5.74, 6) is -0.434. The number of rotatable bonds is 8. The number of ether oxygens (including phenoxy) is 1. The Kier molecular flexibility index (Phi) is 8.43. The molecular weight excluding hydrogens is 498 g/mol. The average molecular weight is 522 g/mol. The molecule has 36 heavy (non-hydrogen) atoms. The van der Waals surface area contributed by atoms with Crippen molar-refractivity contribution in [3.63, 3.8) is 0 Å². The van der Waals surface area contributed by atoms with E-state index < -0.39 is 40.8 Å². The fourth-order valence-corrected chi connectivity index (χ4v) is 3.71.